The highest BCUT2D eigenvalue weighted by Gasteiger charge is 2.20. The van der Waals surface area contributed by atoms with E-state index in [2.05, 4.69) is 36.8 Å². The molecule has 2 N–H and O–H groups in total. The fourth-order valence-corrected chi connectivity index (χ4v) is 4.16. The molecule has 0 unspecified atom stereocenters. The van der Waals surface area contributed by atoms with E-state index >= 15 is 0 Å². The summed E-state index contributed by atoms with van der Waals surface area (Å²) in [7, 11) is 0. The fraction of sp³-hybridized carbons (Fsp3) is 0.444. The van der Waals surface area contributed by atoms with Crippen LogP contribution in [-0.4, -0.2) is 22.0 Å². The van der Waals surface area contributed by atoms with Crippen LogP contribution in [0.4, 0.5) is 10.8 Å². The van der Waals surface area contributed by atoms with Crippen LogP contribution in [0.1, 0.15) is 55.9 Å². The van der Waals surface area contributed by atoms with E-state index < -0.39 is 0 Å². The number of aromatic nitrogens is 2. The summed E-state index contributed by atoms with van der Waals surface area (Å²) in [5.41, 5.74) is 0.708. The standard InChI is InChI=1S/C18H21BrN4O2S/c19-13-6-8-14(9-7-13)20-15(24)10-11-16(25)21-18-23-22-17(26-18)12-4-2-1-3-5-12/h6-9,12H,1-5,10-11H2,(H,20,24)(H,21,23,25). The van der Waals surface area contributed by atoms with E-state index in [1.165, 1.54) is 30.6 Å². The molecule has 0 bridgehead atoms. The minimum Gasteiger partial charge on any atom is -0.326 e. The van der Waals surface area contributed by atoms with Crippen LogP contribution in [0.5, 0.6) is 0 Å². The average Bonchev–Trinajstić information content (AvgIpc) is 3.11. The molecule has 1 heterocycles. The highest BCUT2D eigenvalue weighted by molar-refractivity contribution is 9.10. The maximum absolute atomic E-state index is 12.0. The molecule has 1 aliphatic carbocycles. The maximum atomic E-state index is 12.0. The molecule has 1 fully saturated rings. The molecule has 1 saturated carbocycles. The normalized spacial score (nSPS) is 14.8. The molecule has 2 amide bonds. The largest absolute Gasteiger partial charge is 0.326 e. The van der Waals surface area contributed by atoms with Crippen molar-refractivity contribution >= 4 is 49.9 Å². The summed E-state index contributed by atoms with van der Waals surface area (Å²) in [4.78, 5) is 24.0. The van der Waals surface area contributed by atoms with Crippen LogP contribution in [-0.2, 0) is 9.59 Å². The van der Waals surface area contributed by atoms with E-state index in [1.807, 2.05) is 12.1 Å². The van der Waals surface area contributed by atoms with Gasteiger partial charge in [0, 0.05) is 28.9 Å². The first-order chi connectivity index (χ1) is 12.6. The number of benzene rings is 1. The van der Waals surface area contributed by atoms with Crippen molar-refractivity contribution in [3.05, 3.63) is 33.7 Å². The minimum atomic E-state index is -0.220. The molecule has 0 atom stereocenters. The molecule has 0 spiro atoms. The fourth-order valence-electron chi connectivity index (χ4n) is 2.97. The van der Waals surface area contributed by atoms with Gasteiger partial charge in [0.1, 0.15) is 5.01 Å². The van der Waals surface area contributed by atoms with Crippen molar-refractivity contribution in [2.45, 2.75) is 50.9 Å². The second-order valence-corrected chi connectivity index (χ2v) is 8.31. The summed E-state index contributed by atoms with van der Waals surface area (Å²) in [5.74, 6) is 0.0634. The lowest BCUT2D eigenvalue weighted by Crippen LogP contribution is -2.17. The van der Waals surface area contributed by atoms with E-state index in [0.717, 1.165) is 22.3 Å². The van der Waals surface area contributed by atoms with Crippen molar-refractivity contribution < 1.29 is 9.59 Å². The van der Waals surface area contributed by atoms with Gasteiger partial charge in [0.25, 0.3) is 0 Å². The zero-order chi connectivity index (χ0) is 18.4. The molecule has 1 aromatic carbocycles. The first-order valence-electron chi connectivity index (χ1n) is 8.79. The van der Waals surface area contributed by atoms with E-state index in [0.29, 0.717) is 16.7 Å². The Bertz CT molecular complexity index is 757. The Hall–Kier alpha value is -1.80. The van der Waals surface area contributed by atoms with Gasteiger partial charge in [-0.15, -0.1) is 10.2 Å². The van der Waals surface area contributed by atoms with Crippen LogP contribution in [0, 0.1) is 0 Å². The third-order valence-corrected chi connectivity index (χ3v) is 5.88. The number of rotatable bonds is 6. The van der Waals surface area contributed by atoms with Crippen molar-refractivity contribution in [3.63, 3.8) is 0 Å². The van der Waals surface area contributed by atoms with Crippen LogP contribution in [0.25, 0.3) is 0 Å². The molecule has 138 valence electrons. The molecule has 0 radical (unpaired) electrons. The topological polar surface area (TPSA) is 84.0 Å². The lowest BCUT2D eigenvalue weighted by molar-refractivity contribution is -0.121. The number of halogens is 1. The number of hydrogen-bond donors (Lipinski definition) is 2. The van der Waals surface area contributed by atoms with Crippen LogP contribution < -0.4 is 10.6 Å². The van der Waals surface area contributed by atoms with E-state index in [1.54, 1.807) is 12.1 Å². The van der Waals surface area contributed by atoms with Gasteiger partial charge in [0.15, 0.2) is 0 Å². The summed E-state index contributed by atoms with van der Waals surface area (Å²) in [6, 6.07) is 7.30. The molecule has 3 rings (SSSR count). The summed E-state index contributed by atoms with van der Waals surface area (Å²) < 4.78 is 0.944. The van der Waals surface area contributed by atoms with E-state index in [4.69, 9.17) is 0 Å². The average molecular weight is 437 g/mol. The Morgan fingerprint density at radius 2 is 1.65 bits per heavy atom. The molecule has 1 aromatic heterocycles. The lowest BCUT2D eigenvalue weighted by Gasteiger charge is -2.18. The zero-order valence-corrected chi connectivity index (χ0v) is 16.7. The highest BCUT2D eigenvalue weighted by Crippen LogP contribution is 2.35. The Labute approximate surface area is 164 Å². The molecular formula is C18H21BrN4O2S. The molecule has 8 heteroatoms. The van der Waals surface area contributed by atoms with Crippen molar-refractivity contribution in [2.75, 3.05) is 10.6 Å². The van der Waals surface area contributed by atoms with Gasteiger partial charge in [-0.05, 0) is 37.1 Å². The quantitative estimate of drug-likeness (QED) is 0.686. The minimum absolute atomic E-state index is 0.112. The van der Waals surface area contributed by atoms with Gasteiger partial charge in [-0.3, -0.25) is 9.59 Å². The van der Waals surface area contributed by atoms with Crippen molar-refractivity contribution in [3.8, 4) is 0 Å². The summed E-state index contributed by atoms with van der Waals surface area (Å²) in [5, 5.41) is 15.3. The smallest absolute Gasteiger partial charge is 0.226 e. The van der Waals surface area contributed by atoms with Gasteiger partial charge in [0.2, 0.25) is 16.9 Å². The van der Waals surface area contributed by atoms with Crippen molar-refractivity contribution in [1.82, 2.24) is 10.2 Å². The van der Waals surface area contributed by atoms with Crippen LogP contribution >= 0.6 is 27.3 Å². The SMILES string of the molecule is O=C(CCC(=O)Nc1nnc(C2CCCCC2)s1)Nc1ccc(Br)cc1. The lowest BCUT2D eigenvalue weighted by atomic mass is 9.90. The predicted octanol–water partition coefficient (Wildman–Crippen LogP) is 4.71. The van der Waals surface area contributed by atoms with Crippen LogP contribution in [0.3, 0.4) is 0 Å². The van der Waals surface area contributed by atoms with Gasteiger partial charge in [-0.25, -0.2) is 0 Å². The molecule has 1 aliphatic rings. The van der Waals surface area contributed by atoms with E-state index in [-0.39, 0.29) is 24.7 Å². The summed E-state index contributed by atoms with van der Waals surface area (Å²) >= 11 is 4.79. The maximum Gasteiger partial charge on any atom is 0.226 e. The molecule has 2 aromatic rings. The zero-order valence-electron chi connectivity index (χ0n) is 14.3. The second-order valence-electron chi connectivity index (χ2n) is 6.38. The number of anilines is 2. The first-order valence-corrected chi connectivity index (χ1v) is 10.4. The van der Waals surface area contributed by atoms with Crippen molar-refractivity contribution in [1.29, 1.82) is 0 Å². The third-order valence-electron chi connectivity index (χ3n) is 4.35. The first kappa shape index (κ1) is 19.0. The van der Waals surface area contributed by atoms with E-state index in [9.17, 15) is 9.59 Å². The molecule has 0 aliphatic heterocycles. The van der Waals surface area contributed by atoms with Gasteiger partial charge in [-0.2, -0.15) is 0 Å². The second kappa shape index (κ2) is 9.23. The highest BCUT2D eigenvalue weighted by atomic mass is 79.9. The number of amides is 2. The van der Waals surface area contributed by atoms with Crippen LogP contribution in [0.2, 0.25) is 0 Å². The molecular weight excluding hydrogens is 416 g/mol. The Kier molecular flexibility index (Phi) is 6.73. The third kappa shape index (κ3) is 5.60. The number of carbonyl (C=O) groups excluding carboxylic acids is 2. The van der Waals surface area contributed by atoms with Gasteiger partial charge in [0.05, 0.1) is 0 Å². The Morgan fingerprint density at radius 3 is 2.35 bits per heavy atom. The predicted molar refractivity (Wildman–Crippen MR) is 106 cm³/mol. The molecule has 6 nitrogen and oxygen atoms in total. The Morgan fingerprint density at radius 1 is 1.00 bits per heavy atom. The number of nitrogens with one attached hydrogen (secondary N) is 2. The molecule has 0 saturated heterocycles. The summed E-state index contributed by atoms with van der Waals surface area (Å²) in [6.45, 7) is 0. The Balaban J connectivity index is 1.43. The number of nitrogens with zero attached hydrogens (tertiary/aromatic N) is 2. The van der Waals surface area contributed by atoms with Gasteiger partial charge < -0.3 is 10.6 Å². The van der Waals surface area contributed by atoms with Crippen LogP contribution in [0.15, 0.2) is 28.7 Å². The summed E-state index contributed by atoms with van der Waals surface area (Å²) in [6.07, 6.45) is 6.30. The number of carbonyl (C=O) groups is 2. The van der Waals surface area contributed by atoms with Gasteiger partial charge >= 0.3 is 0 Å². The van der Waals surface area contributed by atoms with Gasteiger partial charge in [-0.1, -0.05) is 46.5 Å². The molecule has 26 heavy (non-hydrogen) atoms. The number of hydrogen-bond acceptors (Lipinski definition) is 5. The monoisotopic (exact) mass is 436 g/mol. The van der Waals surface area contributed by atoms with Crippen molar-refractivity contribution in [2.24, 2.45) is 0 Å².